The number of rotatable bonds is 7. The maximum Gasteiger partial charge on any atom is 0.338 e. The fourth-order valence-corrected chi connectivity index (χ4v) is 4.68. The smallest absolute Gasteiger partial charge is 0.338 e. The second-order valence-electron chi connectivity index (χ2n) is 7.68. The number of fused-ring (bicyclic) bond motifs is 2. The first kappa shape index (κ1) is 22.5. The lowest BCUT2D eigenvalue weighted by molar-refractivity contribution is -0.120. The van der Waals surface area contributed by atoms with Gasteiger partial charge in [-0.15, -0.1) is 0 Å². The van der Waals surface area contributed by atoms with Crippen LogP contribution in [0, 0.1) is 0 Å². The number of nitrogens with zero attached hydrogens (tertiary/aromatic N) is 1. The summed E-state index contributed by atoms with van der Waals surface area (Å²) in [6, 6.07) is 19.1. The van der Waals surface area contributed by atoms with Crippen LogP contribution in [0.15, 0.2) is 97.9 Å². The highest BCUT2D eigenvalue weighted by atomic mass is 32.2. The van der Waals surface area contributed by atoms with Crippen molar-refractivity contribution in [1.29, 1.82) is 0 Å². The molecule has 2 amide bonds. The highest BCUT2D eigenvalue weighted by Crippen LogP contribution is 2.41. The van der Waals surface area contributed by atoms with Gasteiger partial charge in [-0.1, -0.05) is 23.9 Å². The standard InChI is InChI=1S/C26H20N2O6S/c29-24(27-14-18-5-3-11-32-18)15-28-21-13-17(26(31)34-16-19-6-4-12-33-19)9-10-23(21)35-22-8-2-1-7-20(22)25(28)30/h1-13H,14-16H2,(H,27,29). The lowest BCUT2D eigenvalue weighted by Crippen LogP contribution is -2.40. The van der Waals surface area contributed by atoms with E-state index < -0.39 is 5.97 Å². The number of amides is 2. The van der Waals surface area contributed by atoms with E-state index in [9.17, 15) is 14.4 Å². The minimum atomic E-state index is -0.564. The molecule has 8 nitrogen and oxygen atoms in total. The van der Waals surface area contributed by atoms with E-state index in [0.717, 1.165) is 9.79 Å². The number of benzene rings is 2. The minimum absolute atomic E-state index is 0.0130. The van der Waals surface area contributed by atoms with Crippen molar-refractivity contribution in [2.45, 2.75) is 22.9 Å². The van der Waals surface area contributed by atoms with Gasteiger partial charge in [0.25, 0.3) is 5.91 Å². The molecular formula is C26H20N2O6S. The summed E-state index contributed by atoms with van der Waals surface area (Å²) in [7, 11) is 0. The summed E-state index contributed by atoms with van der Waals surface area (Å²) >= 11 is 1.40. The third-order valence-corrected chi connectivity index (χ3v) is 6.48. The largest absolute Gasteiger partial charge is 0.467 e. The number of hydrogen-bond acceptors (Lipinski definition) is 7. The van der Waals surface area contributed by atoms with E-state index in [0.29, 0.717) is 22.8 Å². The Kier molecular flexibility index (Phi) is 6.40. The first-order valence-electron chi connectivity index (χ1n) is 10.8. The Balaban J connectivity index is 1.42. The molecule has 3 heterocycles. The average Bonchev–Trinajstić information content (AvgIpc) is 3.58. The fraction of sp³-hybridized carbons (Fsp3) is 0.115. The molecular weight excluding hydrogens is 468 g/mol. The van der Waals surface area contributed by atoms with Gasteiger partial charge < -0.3 is 18.9 Å². The summed E-state index contributed by atoms with van der Waals surface area (Å²) in [5.41, 5.74) is 1.20. The Morgan fingerprint density at radius 1 is 0.914 bits per heavy atom. The molecule has 9 heteroatoms. The first-order chi connectivity index (χ1) is 17.1. The number of anilines is 1. The summed E-state index contributed by atoms with van der Waals surface area (Å²) in [4.78, 5) is 41.9. The molecule has 0 spiro atoms. The van der Waals surface area contributed by atoms with E-state index in [1.807, 2.05) is 12.1 Å². The zero-order chi connectivity index (χ0) is 24.2. The number of nitrogens with one attached hydrogen (secondary N) is 1. The third-order valence-electron chi connectivity index (χ3n) is 5.34. The molecule has 0 bridgehead atoms. The first-order valence-corrected chi connectivity index (χ1v) is 11.6. The summed E-state index contributed by atoms with van der Waals surface area (Å²) in [5, 5.41) is 2.77. The number of furan rings is 2. The lowest BCUT2D eigenvalue weighted by Gasteiger charge is -2.23. The van der Waals surface area contributed by atoms with Gasteiger partial charge in [0, 0.05) is 9.79 Å². The van der Waals surface area contributed by atoms with Crippen molar-refractivity contribution in [2.24, 2.45) is 0 Å². The highest BCUT2D eigenvalue weighted by Gasteiger charge is 2.29. The molecule has 0 saturated heterocycles. The van der Waals surface area contributed by atoms with Crippen molar-refractivity contribution in [3.8, 4) is 0 Å². The molecule has 0 fully saturated rings. The van der Waals surface area contributed by atoms with E-state index >= 15 is 0 Å². The molecule has 0 aliphatic carbocycles. The zero-order valence-electron chi connectivity index (χ0n) is 18.4. The fourth-order valence-electron chi connectivity index (χ4n) is 3.62. The van der Waals surface area contributed by atoms with Crippen LogP contribution in [0.1, 0.15) is 32.2 Å². The van der Waals surface area contributed by atoms with Crippen molar-refractivity contribution in [2.75, 3.05) is 11.4 Å². The maximum atomic E-state index is 13.5. The van der Waals surface area contributed by atoms with Crippen LogP contribution < -0.4 is 10.2 Å². The Morgan fingerprint density at radius 3 is 2.46 bits per heavy atom. The molecule has 2 aromatic carbocycles. The third kappa shape index (κ3) is 4.99. The van der Waals surface area contributed by atoms with Gasteiger partial charge in [0.05, 0.1) is 35.9 Å². The molecule has 35 heavy (non-hydrogen) atoms. The SMILES string of the molecule is O=C(CN1C(=O)c2ccccc2Sc2ccc(C(=O)OCc3ccco3)cc21)NCc1ccco1. The van der Waals surface area contributed by atoms with Gasteiger partial charge in [-0.05, 0) is 54.6 Å². The molecule has 0 atom stereocenters. The van der Waals surface area contributed by atoms with Crippen LogP contribution in [-0.4, -0.2) is 24.3 Å². The van der Waals surface area contributed by atoms with Crippen LogP contribution >= 0.6 is 11.8 Å². The Labute approximate surface area is 204 Å². The predicted molar refractivity (Wildman–Crippen MR) is 127 cm³/mol. The van der Waals surface area contributed by atoms with Crippen LogP contribution in [0.3, 0.4) is 0 Å². The second-order valence-corrected chi connectivity index (χ2v) is 8.77. The molecule has 1 aliphatic heterocycles. The van der Waals surface area contributed by atoms with Crippen molar-refractivity contribution in [1.82, 2.24) is 5.32 Å². The Hall–Kier alpha value is -4.24. The van der Waals surface area contributed by atoms with E-state index in [4.69, 9.17) is 13.6 Å². The van der Waals surface area contributed by atoms with Crippen molar-refractivity contribution >= 4 is 35.2 Å². The topological polar surface area (TPSA) is 102 Å². The van der Waals surface area contributed by atoms with E-state index in [1.54, 1.807) is 54.6 Å². The van der Waals surface area contributed by atoms with Crippen molar-refractivity contribution in [3.63, 3.8) is 0 Å². The molecule has 0 unspecified atom stereocenters. The highest BCUT2D eigenvalue weighted by molar-refractivity contribution is 7.99. The average molecular weight is 489 g/mol. The zero-order valence-corrected chi connectivity index (χ0v) is 19.2. The van der Waals surface area contributed by atoms with Gasteiger partial charge >= 0.3 is 5.97 Å². The number of hydrogen-bond donors (Lipinski definition) is 1. The van der Waals surface area contributed by atoms with E-state index in [1.165, 1.54) is 29.2 Å². The molecule has 0 saturated carbocycles. The van der Waals surface area contributed by atoms with Gasteiger partial charge in [-0.25, -0.2) is 4.79 Å². The lowest BCUT2D eigenvalue weighted by atomic mass is 10.1. The molecule has 4 aromatic rings. The van der Waals surface area contributed by atoms with E-state index in [2.05, 4.69) is 5.32 Å². The molecule has 1 N–H and O–H groups in total. The van der Waals surface area contributed by atoms with Gasteiger partial charge in [0.1, 0.15) is 24.7 Å². The molecule has 2 aromatic heterocycles. The van der Waals surface area contributed by atoms with Gasteiger partial charge in [-0.2, -0.15) is 0 Å². The van der Waals surface area contributed by atoms with Crippen LogP contribution in [0.4, 0.5) is 5.69 Å². The van der Waals surface area contributed by atoms with E-state index in [-0.39, 0.29) is 37.1 Å². The molecule has 1 aliphatic rings. The number of ether oxygens (including phenoxy) is 1. The Morgan fingerprint density at radius 2 is 1.69 bits per heavy atom. The monoisotopic (exact) mass is 488 g/mol. The van der Waals surface area contributed by atoms with Gasteiger partial charge in [-0.3, -0.25) is 14.5 Å². The summed E-state index contributed by atoms with van der Waals surface area (Å²) in [6.45, 7) is -0.0432. The quantitative estimate of drug-likeness (QED) is 0.378. The van der Waals surface area contributed by atoms with Crippen molar-refractivity contribution < 1.29 is 28.0 Å². The number of esters is 1. The van der Waals surface area contributed by atoms with Gasteiger partial charge in [0.2, 0.25) is 5.91 Å². The second kappa shape index (κ2) is 9.94. The summed E-state index contributed by atoms with van der Waals surface area (Å²) in [5.74, 6) is -0.143. The predicted octanol–water partition coefficient (Wildman–Crippen LogP) is 4.66. The van der Waals surface area contributed by atoms with Crippen LogP contribution in [-0.2, 0) is 22.7 Å². The molecule has 5 rings (SSSR count). The maximum absolute atomic E-state index is 13.5. The number of carbonyl (C=O) groups excluding carboxylic acids is 3. The van der Waals surface area contributed by atoms with Gasteiger partial charge in [0.15, 0.2) is 0 Å². The summed E-state index contributed by atoms with van der Waals surface area (Å²) < 4.78 is 15.8. The molecule has 0 radical (unpaired) electrons. The summed E-state index contributed by atoms with van der Waals surface area (Å²) in [6.07, 6.45) is 3.03. The minimum Gasteiger partial charge on any atom is -0.467 e. The van der Waals surface area contributed by atoms with Crippen LogP contribution in [0.5, 0.6) is 0 Å². The van der Waals surface area contributed by atoms with Crippen LogP contribution in [0.25, 0.3) is 0 Å². The number of carbonyl (C=O) groups is 3. The van der Waals surface area contributed by atoms with Crippen LogP contribution in [0.2, 0.25) is 0 Å². The Bertz CT molecular complexity index is 1360. The normalized spacial score (nSPS) is 12.5. The molecule has 176 valence electrons. The van der Waals surface area contributed by atoms with Crippen molar-refractivity contribution in [3.05, 3.63) is 102 Å².